The molecular weight excluding hydrogens is 398 g/mol. The van der Waals surface area contributed by atoms with Gasteiger partial charge in [0.1, 0.15) is 17.9 Å². The van der Waals surface area contributed by atoms with Gasteiger partial charge in [-0.25, -0.2) is 22.3 Å². The van der Waals surface area contributed by atoms with E-state index in [0.29, 0.717) is 16.5 Å². The van der Waals surface area contributed by atoms with E-state index in [4.69, 9.17) is 9.15 Å². The summed E-state index contributed by atoms with van der Waals surface area (Å²) in [4.78, 5) is 24.2. The topological polar surface area (TPSA) is 114 Å². The highest BCUT2D eigenvalue weighted by Crippen LogP contribution is 2.27. The Balaban J connectivity index is 1.83. The third-order valence-corrected chi connectivity index (χ3v) is 6.27. The van der Waals surface area contributed by atoms with Crippen molar-refractivity contribution in [3.63, 3.8) is 0 Å². The van der Waals surface area contributed by atoms with Crippen LogP contribution in [-0.2, 0) is 21.4 Å². The largest absolute Gasteiger partial charge is 0.508 e. The maximum atomic E-state index is 12.3. The molecule has 0 fully saturated rings. The van der Waals surface area contributed by atoms with Crippen LogP contribution < -0.4 is 5.63 Å². The van der Waals surface area contributed by atoms with Crippen LogP contribution in [0.15, 0.2) is 56.6 Å². The van der Waals surface area contributed by atoms with Crippen LogP contribution in [0.25, 0.3) is 11.0 Å². The molecule has 2 aromatic carbocycles. The molecule has 9 heteroatoms. The van der Waals surface area contributed by atoms with Gasteiger partial charge in [-0.3, -0.25) is 0 Å². The van der Waals surface area contributed by atoms with Crippen molar-refractivity contribution in [1.82, 2.24) is 4.31 Å². The number of carbonyl (C=O) groups is 1. The van der Waals surface area contributed by atoms with Crippen LogP contribution in [0.1, 0.15) is 21.5 Å². The van der Waals surface area contributed by atoms with Crippen molar-refractivity contribution >= 4 is 27.0 Å². The molecule has 1 aromatic heterocycles. The van der Waals surface area contributed by atoms with Crippen molar-refractivity contribution in [2.75, 3.05) is 14.1 Å². The van der Waals surface area contributed by atoms with Gasteiger partial charge >= 0.3 is 11.6 Å². The minimum Gasteiger partial charge on any atom is -0.508 e. The molecule has 0 unspecified atom stereocenters. The Morgan fingerprint density at radius 2 is 1.79 bits per heavy atom. The lowest BCUT2D eigenvalue weighted by atomic mass is 10.1. The Bertz CT molecular complexity index is 1240. The molecule has 0 bridgehead atoms. The van der Waals surface area contributed by atoms with Crippen LogP contribution in [-0.4, -0.2) is 37.9 Å². The zero-order chi connectivity index (χ0) is 21.3. The molecule has 0 aliphatic rings. The molecule has 0 saturated carbocycles. The van der Waals surface area contributed by atoms with Gasteiger partial charge in [-0.2, -0.15) is 0 Å². The number of carbonyl (C=O) groups excluding carboxylic acids is 1. The summed E-state index contributed by atoms with van der Waals surface area (Å²) in [5.41, 5.74) is 0.603. The predicted molar refractivity (Wildman–Crippen MR) is 105 cm³/mol. The fourth-order valence-electron chi connectivity index (χ4n) is 2.74. The highest BCUT2D eigenvalue weighted by molar-refractivity contribution is 7.89. The second kappa shape index (κ2) is 7.69. The van der Waals surface area contributed by atoms with Gasteiger partial charge in [0.2, 0.25) is 10.0 Å². The number of esters is 1. The van der Waals surface area contributed by atoms with E-state index in [0.717, 1.165) is 4.31 Å². The fourth-order valence-corrected chi connectivity index (χ4v) is 3.64. The van der Waals surface area contributed by atoms with Gasteiger partial charge in [0.25, 0.3) is 0 Å². The number of nitrogens with zero attached hydrogens (tertiary/aromatic N) is 1. The van der Waals surface area contributed by atoms with Crippen LogP contribution in [0, 0.1) is 6.92 Å². The van der Waals surface area contributed by atoms with Gasteiger partial charge < -0.3 is 14.3 Å². The average molecular weight is 417 g/mol. The van der Waals surface area contributed by atoms with Gasteiger partial charge in [0, 0.05) is 36.7 Å². The SMILES string of the molecule is Cc1c(O)ccc2c(COC(=O)c3ccc(S(=O)(=O)N(C)C)cc3)cc(=O)oc12. The first kappa shape index (κ1) is 20.6. The summed E-state index contributed by atoms with van der Waals surface area (Å²) in [5.74, 6) is -0.682. The fraction of sp³-hybridized carbons (Fsp3) is 0.200. The van der Waals surface area contributed by atoms with Crippen molar-refractivity contribution in [3.8, 4) is 5.75 Å². The lowest BCUT2D eigenvalue weighted by Gasteiger charge is -2.12. The molecule has 0 amide bonds. The second-order valence-electron chi connectivity index (χ2n) is 6.56. The molecule has 0 aliphatic heterocycles. The Morgan fingerprint density at radius 1 is 1.14 bits per heavy atom. The molecule has 152 valence electrons. The van der Waals surface area contributed by atoms with Crippen molar-refractivity contribution in [1.29, 1.82) is 0 Å². The molecule has 0 aliphatic carbocycles. The van der Waals surface area contributed by atoms with Crippen LogP contribution >= 0.6 is 0 Å². The normalized spacial score (nSPS) is 11.7. The van der Waals surface area contributed by atoms with Crippen LogP contribution in [0.4, 0.5) is 0 Å². The minimum absolute atomic E-state index is 0.0115. The number of sulfonamides is 1. The highest BCUT2D eigenvalue weighted by atomic mass is 32.2. The summed E-state index contributed by atoms with van der Waals surface area (Å²) in [6.45, 7) is 1.42. The standard InChI is InChI=1S/C20H19NO7S/c1-12-17(22)9-8-16-14(10-18(23)28-19(12)16)11-27-20(24)13-4-6-15(7-5-13)29(25,26)21(2)3/h4-10,22H,11H2,1-3H3. The minimum atomic E-state index is -3.60. The molecule has 0 radical (unpaired) electrons. The van der Waals surface area contributed by atoms with Crippen molar-refractivity contribution in [2.45, 2.75) is 18.4 Å². The number of hydrogen-bond acceptors (Lipinski definition) is 7. The summed E-state index contributed by atoms with van der Waals surface area (Å²) >= 11 is 0. The number of aryl methyl sites for hydroxylation is 1. The van der Waals surface area contributed by atoms with Crippen LogP contribution in [0.2, 0.25) is 0 Å². The molecule has 29 heavy (non-hydrogen) atoms. The second-order valence-corrected chi connectivity index (χ2v) is 8.72. The summed E-state index contributed by atoms with van der Waals surface area (Å²) in [6, 6.07) is 9.63. The third kappa shape index (κ3) is 4.01. The number of fused-ring (bicyclic) bond motifs is 1. The Hall–Kier alpha value is -3.17. The van der Waals surface area contributed by atoms with Crippen molar-refractivity contribution < 1.29 is 27.5 Å². The van der Waals surface area contributed by atoms with E-state index in [2.05, 4.69) is 0 Å². The zero-order valence-electron chi connectivity index (χ0n) is 16.0. The molecule has 1 N–H and O–H groups in total. The first-order chi connectivity index (χ1) is 13.6. The number of ether oxygens (including phenoxy) is 1. The smallest absolute Gasteiger partial charge is 0.338 e. The van der Waals surface area contributed by atoms with E-state index < -0.39 is 21.6 Å². The molecule has 0 atom stereocenters. The van der Waals surface area contributed by atoms with Gasteiger partial charge in [-0.1, -0.05) is 0 Å². The summed E-state index contributed by atoms with van der Waals surface area (Å²) in [5, 5.41) is 10.3. The number of phenols is 1. The van der Waals surface area contributed by atoms with E-state index in [-0.39, 0.29) is 28.4 Å². The molecular formula is C20H19NO7S. The number of phenolic OH excluding ortho intramolecular Hbond substituents is 1. The molecule has 0 spiro atoms. The van der Waals surface area contributed by atoms with E-state index in [1.807, 2.05) is 0 Å². The van der Waals surface area contributed by atoms with Gasteiger partial charge in [-0.15, -0.1) is 0 Å². The highest BCUT2D eigenvalue weighted by Gasteiger charge is 2.18. The average Bonchev–Trinajstić information content (AvgIpc) is 2.69. The lowest BCUT2D eigenvalue weighted by Crippen LogP contribution is -2.22. The molecule has 3 rings (SSSR count). The first-order valence-electron chi connectivity index (χ1n) is 8.56. The first-order valence-corrected chi connectivity index (χ1v) is 10.0. The predicted octanol–water partition coefficient (Wildman–Crippen LogP) is 2.41. The number of rotatable bonds is 5. The van der Waals surface area contributed by atoms with Crippen molar-refractivity contribution in [3.05, 3.63) is 69.6 Å². The molecule has 3 aromatic rings. The molecule has 8 nitrogen and oxygen atoms in total. The molecule has 1 heterocycles. The summed E-state index contributed by atoms with van der Waals surface area (Å²) < 4.78 is 35.7. The molecule has 0 saturated heterocycles. The van der Waals surface area contributed by atoms with Crippen LogP contribution in [0.3, 0.4) is 0 Å². The Kier molecular flexibility index (Phi) is 5.45. The van der Waals surface area contributed by atoms with Crippen LogP contribution in [0.5, 0.6) is 5.75 Å². The quantitative estimate of drug-likeness (QED) is 0.501. The zero-order valence-corrected chi connectivity index (χ0v) is 16.8. The number of aromatic hydroxyl groups is 1. The summed E-state index contributed by atoms with van der Waals surface area (Å²) in [7, 11) is -0.763. The third-order valence-electron chi connectivity index (χ3n) is 4.45. The number of benzene rings is 2. The van der Waals surface area contributed by atoms with E-state index in [1.165, 1.54) is 50.5 Å². The monoisotopic (exact) mass is 417 g/mol. The van der Waals surface area contributed by atoms with Crippen molar-refractivity contribution in [2.24, 2.45) is 0 Å². The van der Waals surface area contributed by atoms with E-state index in [9.17, 15) is 23.1 Å². The Morgan fingerprint density at radius 3 is 2.41 bits per heavy atom. The van der Waals surface area contributed by atoms with Gasteiger partial charge in [0.15, 0.2) is 0 Å². The Labute approximate surface area is 167 Å². The maximum Gasteiger partial charge on any atom is 0.338 e. The lowest BCUT2D eigenvalue weighted by molar-refractivity contribution is 0.0473. The van der Waals surface area contributed by atoms with E-state index in [1.54, 1.807) is 13.0 Å². The summed E-state index contributed by atoms with van der Waals surface area (Å²) in [6.07, 6.45) is 0. The van der Waals surface area contributed by atoms with Gasteiger partial charge in [-0.05, 0) is 43.3 Å². The van der Waals surface area contributed by atoms with Gasteiger partial charge in [0.05, 0.1) is 10.5 Å². The van der Waals surface area contributed by atoms with E-state index >= 15 is 0 Å². The number of hydrogen-bond donors (Lipinski definition) is 1. The maximum absolute atomic E-state index is 12.3.